The van der Waals surface area contributed by atoms with E-state index in [0.29, 0.717) is 12.8 Å². The van der Waals surface area contributed by atoms with E-state index in [0.717, 1.165) is 44.9 Å². The number of allylic oxidation sites excluding steroid dienone is 8. The number of carbonyl (C=O) groups is 2. The molecule has 0 rings (SSSR count). The fourth-order valence-electron chi connectivity index (χ4n) is 5.21. The molecule has 0 aliphatic carbocycles. The number of rotatable bonds is 37. The third-order valence-electron chi connectivity index (χ3n) is 8.22. The highest BCUT2D eigenvalue weighted by Gasteiger charge is 2.25. The maximum absolute atomic E-state index is 12.5. The van der Waals surface area contributed by atoms with Crippen LogP contribution in [-0.4, -0.2) is 49.3 Å². The molecule has 2 atom stereocenters. The second kappa shape index (κ2) is 37.7. The lowest BCUT2D eigenvalue weighted by Crippen LogP contribution is -2.29. The quantitative estimate of drug-likeness (QED) is 0.0276. The Morgan fingerprint density at radius 3 is 1.57 bits per heavy atom. The van der Waals surface area contributed by atoms with Gasteiger partial charge in [0.05, 0.1) is 13.2 Å². The molecular weight excluding hydrogens is 665 g/mol. The van der Waals surface area contributed by atoms with E-state index >= 15 is 0 Å². The van der Waals surface area contributed by atoms with E-state index in [2.05, 4.69) is 56.4 Å². The van der Waals surface area contributed by atoms with Crippen molar-refractivity contribution >= 4 is 19.8 Å². The molecule has 0 spiro atoms. The number of hydrogen-bond donors (Lipinski definition) is 2. The van der Waals surface area contributed by atoms with E-state index in [4.69, 9.17) is 24.3 Å². The number of phosphoric ester groups is 1. The Kier molecular flexibility index (Phi) is 36.2. The van der Waals surface area contributed by atoms with Crippen molar-refractivity contribution in [2.45, 2.75) is 174 Å². The molecule has 0 aromatic rings. The van der Waals surface area contributed by atoms with Gasteiger partial charge in [-0.1, -0.05) is 152 Å². The SMILES string of the molecule is CCCCC/C=C\C/C=C\C/C=C\C/C=C\CCCC(=O)OC[C@H](COP(=O)(O)OCCN)OC(=O)CCCCCCCCCCCCCCC. The second-order valence-corrected chi connectivity index (χ2v) is 14.6. The first-order chi connectivity index (χ1) is 24.8. The lowest BCUT2D eigenvalue weighted by Gasteiger charge is -2.19. The van der Waals surface area contributed by atoms with Crippen LogP contribution in [0.15, 0.2) is 48.6 Å². The molecule has 3 N–H and O–H groups in total. The fraction of sp³-hybridized carbons (Fsp3) is 0.756. The minimum absolute atomic E-state index is 0.0458. The highest BCUT2D eigenvalue weighted by molar-refractivity contribution is 7.47. The first-order valence-corrected chi connectivity index (χ1v) is 21.6. The number of hydrogen-bond acceptors (Lipinski definition) is 8. The number of ether oxygens (including phenoxy) is 2. The van der Waals surface area contributed by atoms with Crippen LogP contribution in [0.2, 0.25) is 0 Å². The van der Waals surface area contributed by atoms with E-state index in [1.165, 1.54) is 83.5 Å². The summed E-state index contributed by atoms with van der Waals surface area (Å²) in [6.07, 6.45) is 41.4. The van der Waals surface area contributed by atoms with Crippen LogP contribution in [-0.2, 0) is 32.7 Å². The van der Waals surface area contributed by atoms with Crippen molar-refractivity contribution in [2.75, 3.05) is 26.4 Å². The van der Waals surface area contributed by atoms with Crippen LogP contribution in [0, 0.1) is 0 Å². The molecule has 0 aliphatic heterocycles. The Morgan fingerprint density at radius 1 is 0.588 bits per heavy atom. The standard InChI is InChI=1S/C41H74NO8P/c1-3-5-7-9-11-13-15-17-18-19-20-22-23-25-27-29-31-33-40(43)47-37-39(38-49-51(45,46)48-36-35-42)50-41(44)34-32-30-28-26-24-21-16-14-12-10-8-6-4-2/h11,13,17-18,20,22,25,27,39H,3-10,12,14-16,19,21,23-24,26,28-38,42H2,1-2H3,(H,45,46)/b13-11-,18-17-,22-20-,27-25-/t39-/m1/s1. The van der Waals surface area contributed by atoms with Crippen molar-refractivity contribution in [3.8, 4) is 0 Å². The Morgan fingerprint density at radius 2 is 1.04 bits per heavy atom. The fourth-order valence-corrected chi connectivity index (χ4v) is 5.98. The van der Waals surface area contributed by atoms with E-state index in [9.17, 15) is 19.0 Å². The topological polar surface area (TPSA) is 134 Å². The van der Waals surface area contributed by atoms with Gasteiger partial charge in [-0.25, -0.2) is 4.57 Å². The van der Waals surface area contributed by atoms with Crippen LogP contribution in [0.25, 0.3) is 0 Å². The van der Waals surface area contributed by atoms with Crippen molar-refractivity contribution in [1.29, 1.82) is 0 Å². The smallest absolute Gasteiger partial charge is 0.462 e. The molecule has 51 heavy (non-hydrogen) atoms. The third kappa shape index (κ3) is 37.5. The molecule has 296 valence electrons. The normalized spacial score (nSPS) is 13.9. The van der Waals surface area contributed by atoms with Crippen molar-refractivity contribution in [1.82, 2.24) is 0 Å². The molecule has 10 heteroatoms. The van der Waals surface area contributed by atoms with E-state index in [1.807, 2.05) is 6.08 Å². The summed E-state index contributed by atoms with van der Waals surface area (Å²) < 4.78 is 32.6. The summed E-state index contributed by atoms with van der Waals surface area (Å²) in [6.45, 7) is 3.63. The average molecular weight is 740 g/mol. The molecular formula is C41H74NO8P. The molecule has 0 saturated carbocycles. The number of unbranched alkanes of at least 4 members (excludes halogenated alkanes) is 16. The van der Waals surface area contributed by atoms with Crippen molar-refractivity contribution in [3.63, 3.8) is 0 Å². The van der Waals surface area contributed by atoms with Gasteiger partial charge in [0.2, 0.25) is 0 Å². The number of nitrogens with two attached hydrogens (primary N) is 1. The van der Waals surface area contributed by atoms with Gasteiger partial charge in [0.15, 0.2) is 6.10 Å². The van der Waals surface area contributed by atoms with Crippen LogP contribution < -0.4 is 5.73 Å². The van der Waals surface area contributed by atoms with Gasteiger partial charge in [0.25, 0.3) is 0 Å². The maximum atomic E-state index is 12.5. The number of carbonyl (C=O) groups excluding carboxylic acids is 2. The highest BCUT2D eigenvalue weighted by Crippen LogP contribution is 2.43. The van der Waals surface area contributed by atoms with Crippen LogP contribution >= 0.6 is 7.82 Å². The van der Waals surface area contributed by atoms with E-state index in [1.54, 1.807) is 0 Å². The van der Waals surface area contributed by atoms with Crippen LogP contribution in [0.1, 0.15) is 168 Å². The Labute approximate surface area is 311 Å². The average Bonchev–Trinajstić information content (AvgIpc) is 3.11. The zero-order valence-electron chi connectivity index (χ0n) is 32.3. The zero-order chi connectivity index (χ0) is 37.5. The van der Waals surface area contributed by atoms with Gasteiger partial charge < -0.3 is 20.1 Å². The predicted molar refractivity (Wildman–Crippen MR) is 210 cm³/mol. The van der Waals surface area contributed by atoms with Gasteiger partial charge in [-0.15, -0.1) is 0 Å². The predicted octanol–water partition coefficient (Wildman–Crippen LogP) is 11.2. The third-order valence-corrected chi connectivity index (χ3v) is 9.20. The molecule has 0 aliphatic rings. The molecule has 0 bridgehead atoms. The first kappa shape index (κ1) is 49.0. The Hall–Kier alpha value is -2.03. The number of esters is 2. The molecule has 0 saturated heterocycles. The van der Waals surface area contributed by atoms with Gasteiger partial charge in [0.1, 0.15) is 6.61 Å². The molecule has 0 radical (unpaired) electrons. The van der Waals surface area contributed by atoms with Crippen molar-refractivity contribution in [2.24, 2.45) is 5.73 Å². The molecule has 1 unspecified atom stereocenters. The maximum Gasteiger partial charge on any atom is 0.472 e. The van der Waals surface area contributed by atoms with Gasteiger partial charge >= 0.3 is 19.8 Å². The summed E-state index contributed by atoms with van der Waals surface area (Å²) >= 11 is 0. The molecule has 0 aromatic heterocycles. The largest absolute Gasteiger partial charge is 0.472 e. The Bertz CT molecular complexity index is 981. The van der Waals surface area contributed by atoms with Gasteiger partial charge in [-0.2, -0.15) is 0 Å². The minimum Gasteiger partial charge on any atom is -0.462 e. The lowest BCUT2D eigenvalue weighted by molar-refractivity contribution is -0.161. The zero-order valence-corrected chi connectivity index (χ0v) is 33.2. The van der Waals surface area contributed by atoms with Gasteiger partial charge in [0, 0.05) is 19.4 Å². The van der Waals surface area contributed by atoms with Gasteiger partial charge in [-0.05, 0) is 51.4 Å². The minimum atomic E-state index is -4.38. The molecule has 0 heterocycles. The Balaban J connectivity index is 4.29. The lowest BCUT2D eigenvalue weighted by atomic mass is 10.0. The number of phosphoric acid groups is 1. The van der Waals surface area contributed by atoms with Crippen LogP contribution in [0.3, 0.4) is 0 Å². The second-order valence-electron chi connectivity index (χ2n) is 13.2. The first-order valence-electron chi connectivity index (χ1n) is 20.1. The summed E-state index contributed by atoms with van der Waals surface area (Å²) in [4.78, 5) is 34.7. The van der Waals surface area contributed by atoms with E-state index in [-0.39, 0.29) is 32.6 Å². The van der Waals surface area contributed by atoms with Crippen LogP contribution in [0.4, 0.5) is 0 Å². The summed E-state index contributed by atoms with van der Waals surface area (Å²) in [5.74, 6) is -0.895. The summed E-state index contributed by atoms with van der Waals surface area (Å²) in [5.41, 5.74) is 5.33. The molecule has 0 aromatic carbocycles. The molecule has 0 fully saturated rings. The van der Waals surface area contributed by atoms with Crippen molar-refractivity contribution in [3.05, 3.63) is 48.6 Å². The van der Waals surface area contributed by atoms with Crippen LogP contribution in [0.5, 0.6) is 0 Å². The van der Waals surface area contributed by atoms with Crippen molar-refractivity contribution < 1.29 is 37.6 Å². The summed E-state index contributed by atoms with van der Waals surface area (Å²) in [7, 11) is -4.38. The highest BCUT2D eigenvalue weighted by atomic mass is 31.2. The summed E-state index contributed by atoms with van der Waals surface area (Å²) in [6, 6.07) is 0. The molecule has 0 amide bonds. The molecule has 9 nitrogen and oxygen atoms in total. The van der Waals surface area contributed by atoms with Gasteiger partial charge in [-0.3, -0.25) is 18.6 Å². The monoisotopic (exact) mass is 740 g/mol. The van der Waals surface area contributed by atoms with E-state index < -0.39 is 32.5 Å². The summed E-state index contributed by atoms with van der Waals surface area (Å²) in [5, 5.41) is 0.